The Balaban J connectivity index is 2.01. The van der Waals surface area contributed by atoms with Crippen molar-refractivity contribution in [1.29, 1.82) is 0 Å². The summed E-state index contributed by atoms with van der Waals surface area (Å²) in [6.45, 7) is 4.90. The second-order valence-corrected chi connectivity index (χ2v) is 6.59. The summed E-state index contributed by atoms with van der Waals surface area (Å²) in [6, 6.07) is 7.77. The van der Waals surface area contributed by atoms with Crippen LogP contribution in [-0.4, -0.2) is 29.7 Å². The summed E-state index contributed by atoms with van der Waals surface area (Å²) in [4.78, 5) is 25.8. The molecule has 1 aliphatic heterocycles. The third kappa shape index (κ3) is 3.44. The summed E-state index contributed by atoms with van der Waals surface area (Å²) < 4.78 is 1.01. The number of rotatable bonds is 2. The van der Waals surface area contributed by atoms with E-state index in [2.05, 4.69) is 15.9 Å². The molecule has 0 spiro atoms. The van der Waals surface area contributed by atoms with Crippen LogP contribution in [0.2, 0.25) is 0 Å². The van der Waals surface area contributed by atoms with Crippen LogP contribution in [0.4, 0.5) is 0 Å². The van der Waals surface area contributed by atoms with Gasteiger partial charge in [-0.3, -0.25) is 9.59 Å². The van der Waals surface area contributed by atoms with Gasteiger partial charge in [0.05, 0.1) is 6.42 Å². The number of ketones is 1. The lowest BCUT2D eigenvalue weighted by Crippen LogP contribution is -2.49. The van der Waals surface area contributed by atoms with Crippen LogP contribution in [0.3, 0.4) is 0 Å². The molecule has 1 aliphatic rings. The molecule has 0 atom stereocenters. The largest absolute Gasteiger partial charge is 0.341 e. The van der Waals surface area contributed by atoms with Gasteiger partial charge in [0.15, 0.2) is 0 Å². The maximum atomic E-state index is 12.2. The van der Waals surface area contributed by atoms with Gasteiger partial charge in [-0.25, -0.2) is 0 Å². The number of carbonyl (C=O) groups is 2. The summed E-state index contributed by atoms with van der Waals surface area (Å²) in [5.74, 6) is 0.350. The predicted molar refractivity (Wildman–Crippen MR) is 77.8 cm³/mol. The van der Waals surface area contributed by atoms with Crippen LogP contribution in [0.1, 0.15) is 25.8 Å². The Morgan fingerprint density at radius 1 is 1.32 bits per heavy atom. The summed E-state index contributed by atoms with van der Waals surface area (Å²) in [5.41, 5.74) is 0.594. The van der Waals surface area contributed by atoms with Crippen LogP contribution < -0.4 is 0 Å². The minimum atomic E-state index is -0.409. The van der Waals surface area contributed by atoms with Crippen molar-refractivity contribution < 1.29 is 9.59 Å². The van der Waals surface area contributed by atoms with Gasteiger partial charge < -0.3 is 4.90 Å². The van der Waals surface area contributed by atoms with Crippen molar-refractivity contribution in [2.45, 2.75) is 26.7 Å². The van der Waals surface area contributed by atoms with Gasteiger partial charge in [0.1, 0.15) is 5.78 Å². The minimum Gasteiger partial charge on any atom is -0.341 e. The van der Waals surface area contributed by atoms with Crippen molar-refractivity contribution in [3.63, 3.8) is 0 Å². The number of amides is 1. The van der Waals surface area contributed by atoms with E-state index in [0.29, 0.717) is 25.9 Å². The Labute approximate surface area is 122 Å². The number of hydrogen-bond acceptors (Lipinski definition) is 2. The molecule has 3 nitrogen and oxygen atoms in total. The molecule has 1 amide bonds. The van der Waals surface area contributed by atoms with Crippen molar-refractivity contribution in [3.8, 4) is 0 Å². The van der Waals surface area contributed by atoms with Gasteiger partial charge in [-0.1, -0.05) is 41.9 Å². The van der Waals surface area contributed by atoms with E-state index >= 15 is 0 Å². The van der Waals surface area contributed by atoms with Crippen LogP contribution in [0.25, 0.3) is 0 Å². The molecule has 19 heavy (non-hydrogen) atoms. The van der Waals surface area contributed by atoms with Crippen molar-refractivity contribution >= 4 is 27.6 Å². The van der Waals surface area contributed by atoms with E-state index in [4.69, 9.17) is 0 Å². The van der Waals surface area contributed by atoms with E-state index < -0.39 is 5.41 Å². The quantitative estimate of drug-likeness (QED) is 0.839. The van der Waals surface area contributed by atoms with E-state index in [9.17, 15) is 9.59 Å². The van der Waals surface area contributed by atoms with Gasteiger partial charge in [0, 0.05) is 29.4 Å². The minimum absolute atomic E-state index is 0.0999. The number of hydrogen-bond donors (Lipinski definition) is 0. The lowest BCUT2D eigenvalue weighted by molar-refractivity contribution is -0.140. The first-order valence-electron chi connectivity index (χ1n) is 6.44. The highest BCUT2D eigenvalue weighted by Gasteiger charge is 2.35. The summed E-state index contributed by atoms with van der Waals surface area (Å²) in [5, 5.41) is 0. The predicted octanol–water partition coefficient (Wildman–Crippen LogP) is 2.82. The van der Waals surface area contributed by atoms with E-state index in [1.807, 2.05) is 43.0 Å². The molecule has 4 heteroatoms. The van der Waals surface area contributed by atoms with Gasteiger partial charge in [0.2, 0.25) is 5.91 Å². The van der Waals surface area contributed by atoms with Gasteiger partial charge in [-0.15, -0.1) is 0 Å². The monoisotopic (exact) mass is 323 g/mol. The maximum absolute atomic E-state index is 12.2. The SMILES string of the molecule is CC1(C)CN(C(=O)Cc2ccc(Br)cc2)CCC1=O. The fourth-order valence-electron chi connectivity index (χ4n) is 2.32. The second kappa shape index (κ2) is 5.45. The van der Waals surface area contributed by atoms with Gasteiger partial charge in [-0.05, 0) is 17.7 Å². The topological polar surface area (TPSA) is 37.4 Å². The first kappa shape index (κ1) is 14.3. The van der Waals surface area contributed by atoms with Crippen molar-refractivity contribution in [2.24, 2.45) is 5.41 Å². The zero-order valence-electron chi connectivity index (χ0n) is 11.3. The van der Waals surface area contributed by atoms with Crippen molar-refractivity contribution in [1.82, 2.24) is 4.90 Å². The molecule has 1 heterocycles. The Bertz CT molecular complexity index is 493. The zero-order chi connectivity index (χ0) is 14.0. The Morgan fingerprint density at radius 3 is 2.53 bits per heavy atom. The van der Waals surface area contributed by atoms with E-state index in [1.54, 1.807) is 0 Å². The molecule has 1 aromatic rings. The van der Waals surface area contributed by atoms with Crippen LogP contribution in [-0.2, 0) is 16.0 Å². The molecular weight excluding hydrogens is 306 g/mol. The van der Waals surface area contributed by atoms with E-state index in [-0.39, 0.29) is 11.7 Å². The van der Waals surface area contributed by atoms with E-state index in [0.717, 1.165) is 10.0 Å². The summed E-state index contributed by atoms with van der Waals surface area (Å²) >= 11 is 3.38. The smallest absolute Gasteiger partial charge is 0.227 e. The molecule has 0 N–H and O–H groups in total. The average Bonchev–Trinajstić information content (AvgIpc) is 2.35. The Morgan fingerprint density at radius 2 is 1.95 bits per heavy atom. The number of Topliss-reactive ketones (excluding diaryl/α,β-unsaturated/α-hetero) is 1. The number of nitrogens with zero attached hydrogens (tertiary/aromatic N) is 1. The molecule has 1 aromatic carbocycles. The zero-order valence-corrected chi connectivity index (χ0v) is 12.9. The Hall–Kier alpha value is -1.16. The third-order valence-corrected chi connectivity index (χ3v) is 4.10. The molecule has 0 unspecified atom stereocenters. The highest BCUT2D eigenvalue weighted by atomic mass is 79.9. The highest BCUT2D eigenvalue weighted by molar-refractivity contribution is 9.10. The highest BCUT2D eigenvalue weighted by Crippen LogP contribution is 2.25. The number of halogens is 1. The lowest BCUT2D eigenvalue weighted by Gasteiger charge is -2.36. The Kier molecular flexibility index (Phi) is 4.09. The number of piperidine rings is 1. The lowest BCUT2D eigenvalue weighted by atomic mass is 9.82. The van der Waals surface area contributed by atoms with E-state index in [1.165, 1.54) is 0 Å². The summed E-state index contributed by atoms with van der Waals surface area (Å²) in [7, 11) is 0. The summed E-state index contributed by atoms with van der Waals surface area (Å²) in [6.07, 6.45) is 0.872. The average molecular weight is 324 g/mol. The molecule has 0 radical (unpaired) electrons. The second-order valence-electron chi connectivity index (χ2n) is 5.68. The van der Waals surface area contributed by atoms with Gasteiger partial charge >= 0.3 is 0 Å². The first-order valence-corrected chi connectivity index (χ1v) is 7.23. The number of likely N-dealkylation sites (tertiary alicyclic amines) is 1. The van der Waals surface area contributed by atoms with Crippen LogP contribution in [0.5, 0.6) is 0 Å². The third-order valence-electron chi connectivity index (χ3n) is 3.57. The number of benzene rings is 1. The molecule has 1 saturated heterocycles. The molecule has 102 valence electrons. The first-order chi connectivity index (χ1) is 8.88. The van der Waals surface area contributed by atoms with Crippen LogP contribution >= 0.6 is 15.9 Å². The maximum Gasteiger partial charge on any atom is 0.227 e. The van der Waals surface area contributed by atoms with Crippen molar-refractivity contribution in [2.75, 3.05) is 13.1 Å². The molecule has 0 bridgehead atoms. The fraction of sp³-hybridized carbons (Fsp3) is 0.467. The molecule has 0 aliphatic carbocycles. The molecule has 2 rings (SSSR count). The molecule has 0 aromatic heterocycles. The van der Waals surface area contributed by atoms with Crippen molar-refractivity contribution in [3.05, 3.63) is 34.3 Å². The normalized spacial score (nSPS) is 18.5. The molecule has 0 saturated carbocycles. The molecular formula is C15H18BrNO2. The standard InChI is InChI=1S/C15H18BrNO2/c1-15(2)10-17(8-7-13(15)18)14(19)9-11-3-5-12(16)6-4-11/h3-6H,7-10H2,1-2H3. The van der Waals surface area contributed by atoms with Gasteiger partial charge in [0.25, 0.3) is 0 Å². The fourth-order valence-corrected chi connectivity index (χ4v) is 2.59. The number of carbonyl (C=O) groups excluding carboxylic acids is 2. The van der Waals surface area contributed by atoms with Crippen LogP contribution in [0, 0.1) is 5.41 Å². The van der Waals surface area contributed by atoms with Crippen LogP contribution in [0.15, 0.2) is 28.7 Å². The van der Waals surface area contributed by atoms with Gasteiger partial charge in [-0.2, -0.15) is 0 Å². The molecule has 1 fully saturated rings.